The van der Waals surface area contributed by atoms with E-state index in [1.54, 1.807) is 12.4 Å². The first kappa shape index (κ1) is 16.0. The van der Waals surface area contributed by atoms with Crippen molar-refractivity contribution in [2.24, 2.45) is 4.99 Å². The number of hydrogen-bond donors (Lipinski definition) is 0. The fourth-order valence-corrected chi connectivity index (χ4v) is 3.65. The van der Waals surface area contributed by atoms with Crippen LogP contribution >= 0.6 is 0 Å². The molecule has 0 unspecified atom stereocenters. The van der Waals surface area contributed by atoms with Gasteiger partial charge in [0.25, 0.3) is 0 Å². The number of aliphatic imine (C=N–C) groups is 1. The summed E-state index contributed by atoms with van der Waals surface area (Å²) in [5, 5.41) is 0. The lowest BCUT2D eigenvalue weighted by Gasteiger charge is -2.44. The third-order valence-corrected chi connectivity index (χ3v) is 5.80. The molecule has 0 N–H and O–H groups in total. The van der Waals surface area contributed by atoms with Gasteiger partial charge in [-0.25, -0.2) is 9.37 Å². The molecule has 3 aromatic rings. The van der Waals surface area contributed by atoms with E-state index in [0.717, 1.165) is 33.6 Å². The monoisotopic (exact) mass is 335 g/mol. The first-order chi connectivity index (χ1) is 11.7. The van der Waals surface area contributed by atoms with E-state index < -0.39 is 11.0 Å². The number of para-hydroxylation sites is 1. The Kier molecular flexibility index (Phi) is 3.21. The van der Waals surface area contributed by atoms with Crippen LogP contribution in [-0.4, -0.2) is 20.9 Å². The number of nitrogens with zero attached hydrogens (tertiary/aromatic N) is 3. The van der Waals surface area contributed by atoms with E-state index in [-0.39, 0.29) is 5.82 Å². The highest BCUT2D eigenvalue weighted by molar-refractivity contribution is 6.07. The molecular formula is C21H22FN3. The molecule has 2 heterocycles. The molecule has 0 saturated carbocycles. The van der Waals surface area contributed by atoms with Gasteiger partial charge in [-0.2, -0.15) is 0 Å². The molecule has 4 rings (SSSR count). The molecule has 0 bridgehead atoms. The average Bonchev–Trinajstić information content (AvgIpc) is 2.96. The zero-order valence-corrected chi connectivity index (χ0v) is 15.3. The molecule has 4 heteroatoms. The molecule has 2 aromatic carbocycles. The lowest BCUT2D eigenvalue weighted by atomic mass is 9.66. The fourth-order valence-electron chi connectivity index (χ4n) is 3.65. The van der Waals surface area contributed by atoms with Gasteiger partial charge in [0.1, 0.15) is 18.0 Å². The number of benzene rings is 2. The minimum Gasteiger partial charge on any atom is -0.283 e. The van der Waals surface area contributed by atoms with Crippen LogP contribution in [0.5, 0.6) is 0 Å². The fraction of sp³-hybridized carbons (Fsp3) is 0.333. The Morgan fingerprint density at radius 1 is 1.00 bits per heavy atom. The highest BCUT2D eigenvalue weighted by atomic mass is 19.1. The van der Waals surface area contributed by atoms with Crippen molar-refractivity contribution >= 4 is 16.9 Å². The summed E-state index contributed by atoms with van der Waals surface area (Å²) in [5.41, 5.74) is 3.76. The largest absolute Gasteiger partial charge is 0.283 e. The second-order valence-electron chi connectivity index (χ2n) is 7.84. The molecule has 0 aliphatic carbocycles. The summed E-state index contributed by atoms with van der Waals surface area (Å²) in [6, 6.07) is 11.3. The van der Waals surface area contributed by atoms with E-state index in [4.69, 9.17) is 4.99 Å². The van der Waals surface area contributed by atoms with Gasteiger partial charge in [-0.15, -0.1) is 0 Å². The maximum atomic E-state index is 14.8. The predicted octanol–water partition coefficient (Wildman–Crippen LogP) is 4.85. The highest BCUT2D eigenvalue weighted by Crippen LogP contribution is 2.44. The van der Waals surface area contributed by atoms with Crippen LogP contribution < -0.4 is 0 Å². The van der Waals surface area contributed by atoms with Crippen molar-refractivity contribution in [1.29, 1.82) is 0 Å². The molecule has 128 valence electrons. The Labute approximate surface area is 147 Å². The maximum absolute atomic E-state index is 14.8. The molecular weight excluding hydrogens is 313 g/mol. The number of hydrogen-bond acceptors (Lipinski definition) is 2. The van der Waals surface area contributed by atoms with Crippen molar-refractivity contribution in [3.8, 4) is 0 Å². The first-order valence-electron chi connectivity index (χ1n) is 8.56. The molecule has 0 spiro atoms. The highest BCUT2D eigenvalue weighted by Gasteiger charge is 2.45. The van der Waals surface area contributed by atoms with Gasteiger partial charge in [0, 0.05) is 16.5 Å². The molecule has 0 saturated heterocycles. The third-order valence-electron chi connectivity index (χ3n) is 5.80. The van der Waals surface area contributed by atoms with Crippen molar-refractivity contribution in [3.63, 3.8) is 0 Å². The van der Waals surface area contributed by atoms with E-state index >= 15 is 0 Å². The maximum Gasteiger partial charge on any atom is 0.141 e. The van der Waals surface area contributed by atoms with Gasteiger partial charge in [0.15, 0.2) is 0 Å². The summed E-state index contributed by atoms with van der Waals surface area (Å²) >= 11 is 0. The van der Waals surface area contributed by atoms with E-state index in [1.165, 1.54) is 6.07 Å². The van der Waals surface area contributed by atoms with Gasteiger partial charge in [-0.05, 0) is 38.5 Å². The normalized spacial score (nSPS) is 18.1. The standard InChI is InChI=1S/C21H22FN3/c1-13-8-6-11-16-18(13)23-12-25(16)19-14-9-7-10-15(22)17(14)20(2,3)21(4,5)24-19/h6-12H,1-5H3. The molecule has 0 atom stereocenters. The summed E-state index contributed by atoms with van der Waals surface area (Å²) in [6.07, 6.45) is 1.79. The topological polar surface area (TPSA) is 30.2 Å². The first-order valence-corrected chi connectivity index (χ1v) is 8.56. The Balaban J connectivity index is 2.07. The Morgan fingerprint density at radius 3 is 2.48 bits per heavy atom. The van der Waals surface area contributed by atoms with Gasteiger partial charge >= 0.3 is 0 Å². The van der Waals surface area contributed by atoms with Crippen LogP contribution in [0.4, 0.5) is 4.39 Å². The van der Waals surface area contributed by atoms with Gasteiger partial charge in [-0.3, -0.25) is 9.56 Å². The number of rotatable bonds is 0. The second kappa shape index (κ2) is 5.01. The zero-order valence-electron chi connectivity index (χ0n) is 15.3. The lowest BCUT2D eigenvalue weighted by molar-refractivity contribution is 0.292. The zero-order chi connectivity index (χ0) is 18.0. The van der Waals surface area contributed by atoms with Gasteiger partial charge < -0.3 is 0 Å². The Morgan fingerprint density at radius 2 is 1.72 bits per heavy atom. The molecule has 0 amide bonds. The molecule has 1 aliphatic heterocycles. The number of halogens is 1. The SMILES string of the molecule is Cc1cccc2c1ncn2C1=NC(C)(C)C(C)(C)c2c(F)cccc21. The third kappa shape index (κ3) is 2.10. The van der Waals surface area contributed by atoms with Crippen molar-refractivity contribution < 1.29 is 4.39 Å². The Bertz CT molecular complexity index is 1020. The van der Waals surface area contributed by atoms with Crippen molar-refractivity contribution in [1.82, 2.24) is 9.55 Å². The van der Waals surface area contributed by atoms with Crippen LogP contribution in [0.15, 0.2) is 47.7 Å². The van der Waals surface area contributed by atoms with E-state index in [0.29, 0.717) is 0 Å². The molecule has 0 radical (unpaired) electrons. The van der Waals surface area contributed by atoms with Crippen molar-refractivity contribution in [3.05, 3.63) is 65.2 Å². The minimum atomic E-state index is -0.446. The summed E-state index contributed by atoms with van der Waals surface area (Å²) in [6.45, 7) is 10.3. The van der Waals surface area contributed by atoms with E-state index in [1.807, 2.05) is 35.8 Å². The lowest BCUT2D eigenvalue weighted by Crippen LogP contribution is -2.47. The second-order valence-corrected chi connectivity index (χ2v) is 7.84. The van der Waals surface area contributed by atoms with Gasteiger partial charge in [0.2, 0.25) is 0 Å². The number of fused-ring (bicyclic) bond motifs is 2. The number of aromatic nitrogens is 2. The average molecular weight is 335 g/mol. The summed E-state index contributed by atoms with van der Waals surface area (Å²) < 4.78 is 16.8. The van der Waals surface area contributed by atoms with E-state index in [2.05, 4.69) is 32.7 Å². The van der Waals surface area contributed by atoms with Crippen LogP contribution in [0.2, 0.25) is 0 Å². The quantitative estimate of drug-likeness (QED) is 0.578. The van der Waals surface area contributed by atoms with Crippen LogP contribution in [0.3, 0.4) is 0 Å². The summed E-state index contributed by atoms with van der Waals surface area (Å²) in [7, 11) is 0. The van der Waals surface area contributed by atoms with E-state index in [9.17, 15) is 4.39 Å². The van der Waals surface area contributed by atoms with Crippen LogP contribution in [0.25, 0.3) is 11.0 Å². The summed E-state index contributed by atoms with van der Waals surface area (Å²) in [4.78, 5) is 9.61. The smallest absolute Gasteiger partial charge is 0.141 e. The van der Waals surface area contributed by atoms with Crippen LogP contribution in [-0.2, 0) is 5.41 Å². The van der Waals surface area contributed by atoms with Crippen molar-refractivity contribution in [2.45, 2.75) is 45.6 Å². The molecule has 25 heavy (non-hydrogen) atoms. The summed E-state index contributed by atoms with van der Waals surface area (Å²) in [5.74, 6) is 0.579. The predicted molar refractivity (Wildman–Crippen MR) is 99.9 cm³/mol. The molecule has 1 aliphatic rings. The molecule has 3 nitrogen and oxygen atoms in total. The minimum absolute atomic E-state index is 0.177. The Hall–Kier alpha value is -2.49. The van der Waals surface area contributed by atoms with Crippen molar-refractivity contribution in [2.75, 3.05) is 0 Å². The van der Waals surface area contributed by atoms with Gasteiger partial charge in [-0.1, -0.05) is 38.1 Å². The number of imidazole rings is 1. The molecule has 1 aromatic heterocycles. The van der Waals surface area contributed by atoms with Crippen LogP contribution in [0, 0.1) is 12.7 Å². The number of aryl methyl sites for hydroxylation is 1. The van der Waals surface area contributed by atoms with Gasteiger partial charge in [0.05, 0.1) is 16.6 Å². The molecule has 0 fully saturated rings. The van der Waals surface area contributed by atoms with Crippen LogP contribution in [0.1, 0.15) is 44.4 Å².